The van der Waals surface area contributed by atoms with Crippen molar-refractivity contribution in [1.82, 2.24) is 14.5 Å². The van der Waals surface area contributed by atoms with E-state index in [1.165, 1.54) is 23.3 Å². The van der Waals surface area contributed by atoms with Crippen LogP contribution in [0.2, 0.25) is 0 Å². The average Bonchev–Trinajstić information content (AvgIpc) is 3.01. The van der Waals surface area contributed by atoms with Crippen molar-refractivity contribution < 1.29 is 0 Å². The Balaban J connectivity index is 1.94. The van der Waals surface area contributed by atoms with Crippen LogP contribution in [0.4, 0.5) is 5.95 Å². The summed E-state index contributed by atoms with van der Waals surface area (Å²) in [7, 11) is 0. The molecule has 3 aromatic rings. The number of halogens is 1. The van der Waals surface area contributed by atoms with E-state index in [1.54, 1.807) is 6.20 Å². The molecule has 1 unspecified atom stereocenters. The van der Waals surface area contributed by atoms with Crippen molar-refractivity contribution >= 4 is 44.4 Å². The molecular weight excluding hydrogens is 336 g/mol. The molecule has 0 radical (unpaired) electrons. The van der Waals surface area contributed by atoms with Gasteiger partial charge in [0.2, 0.25) is 5.95 Å². The van der Waals surface area contributed by atoms with Crippen molar-refractivity contribution in [2.24, 2.45) is 0 Å². The highest BCUT2D eigenvalue weighted by Gasteiger charge is 2.26. The van der Waals surface area contributed by atoms with Crippen molar-refractivity contribution in [1.29, 1.82) is 0 Å². The van der Waals surface area contributed by atoms with Crippen LogP contribution in [0.5, 0.6) is 0 Å². The minimum absolute atomic E-state index is 0.267. The molecule has 1 aliphatic carbocycles. The van der Waals surface area contributed by atoms with Crippen LogP contribution in [-0.4, -0.2) is 14.5 Å². The lowest BCUT2D eigenvalue weighted by Gasteiger charge is -2.24. The van der Waals surface area contributed by atoms with Crippen molar-refractivity contribution in [3.8, 4) is 0 Å². The first-order chi connectivity index (χ1) is 9.74. The Bertz CT molecular complexity index is 792. The van der Waals surface area contributed by atoms with Crippen molar-refractivity contribution in [2.75, 3.05) is 5.73 Å². The number of nitrogen functional groups attached to an aromatic ring is 1. The van der Waals surface area contributed by atoms with Gasteiger partial charge in [-0.15, -0.1) is 11.3 Å². The third kappa shape index (κ3) is 1.78. The molecule has 3 heterocycles. The minimum Gasteiger partial charge on any atom is -0.369 e. The maximum atomic E-state index is 6.16. The number of anilines is 1. The quantitative estimate of drug-likeness (QED) is 0.728. The maximum Gasteiger partial charge on any atom is 0.203 e. The molecule has 1 atom stereocenters. The second-order valence-corrected chi connectivity index (χ2v) is 6.96. The fourth-order valence-corrected chi connectivity index (χ4v) is 4.31. The number of rotatable bonds is 1. The molecule has 0 amide bonds. The Morgan fingerprint density at radius 2 is 2.35 bits per heavy atom. The average molecular weight is 349 g/mol. The number of aromatic nitrogens is 3. The van der Waals surface area contributed by atoms with Gasteiger partial charge >= 0.3 is 0 Å². The number of pyridine rings is 1. The van der Waals surface area contributed by atoms with Gasteiger partial charge in [-0.1, -0.05) is 0 Å². The lowest BCUT2D eigenvalue weighted by molar-refractivity contribution is 0.508. The zero-order chi connectivity index (χ0) is 13.7. The molecule has 4 rings (SSSR count). The van der Waals surface area contributed by atoms with E-state index in [2.05, 4.69) is 41.9 Å². The molecule has 3 aromatic heterocycles. The summed E-state index contributed by atoms with van der Waals surface area (Å²) in [6.45, 7) is 0. The van der Waals surface area contributed by atoms with E-state index in [1.807, 2.05) is 17.4 Å². The normalized spacial score (nSPS) is 18.4. The topological polar surface area (TPSA) is 56.7 Å². The Morgan fingerprint density at radius 3 is 3.25 bits per heavy atom. The maximum absolute atomic E-state index is 6.16. The molecule has 102 valence electrons. The number of fused-ring (bicyclic) bond motifs is 2. The van der Waals surface area contributed by atoms with Crippen LogP contribution in [0, 0.1) is 0 Å². The smallest absolute Gasteiger partial charge is 0.203 e. The first-order valence-corrected chi connectivity index (χ1v) is 8.26. The van der Waals surface area contributed by atoms with Gasteiger partial charge < -0.3 is 5.73 Å². The van der Waals surface area contributed by atoms with E-state index in [4.69, 9.17) is 5.73 Å². The third-order valence-corrected chi connectivity index (χ3v) is 5.29. The molecular formula is C14H13BrN4S. The van der Waals surface area contributed by atoms with Gasteiger partial charge in [-0.2, -0.15) is 0 Å². The molecule has 0 aromatic carbocycles. The SMILES string of the molecule is Nc1nc2cc(Br)cnc2n1C1CCCc2sccc21. The molecule has 0 bridgehead atoms. The number of imidazole rings is 1. The molecule has 0 saturated carbocycles. The predicted molar refractivity (Wildman–Crippen MR) is 85.0 cm³/mol. The second kappa shape index (κ2) is 4.56. The van der Waals surface area contributed by atoms with Gasteiger partial charge in [-0.25, -0.2) is 9.97 Å². The van der Waals surface area contributed by atoms with E-state index >= 15 is 0 Å². The molecule has 4 nitrogen and oxygen atoms in total. The zero-order valence-corrected chi connectivity index (χ0v) is 13.1. The summed E-state index contributed by atoms with van der Waals surface area (Å²) >= 11 is 5.27. The number of hydrogen-bond donors (Lipinski definition) is 1. The highest BCUT2D eigenvalue weighted by molar-refractivity contribution is 9.10. The summed E-state index contributed by atoms with van der Waals surface area (Å²) in [6, 6.07) is 4.45. The summed E-state index contributed by atoms with van der Waals surface area (Å²) in [4.78, 5) is 10.4. The van der Waals surface area contributed by atoms with E-state index in [0.29, 0.717) is 5.95 Å². The van der Waals surface area contributed by atoms with E-state index in [-0.39, 0.29) is 6.04 Å². The largest absolute Gasteiger partial charge is 0.369 e. The number of thiophene rings is 1. The van der Waals surface area contributed by atoms with E-state index in [9.17, 15) is 0 Å². The first-order valence-electron chi connectivity index (χ1n) is 6.59. The van der Waals surface area contributed by atoms with Gasteiger partial charge in [-0.3, -0.25) is 4.57 Å². The first kappa shape index (κ1) is 12.3. The number of nitrogens with two attached hydrogens (primary N) is 1. The Hall–Kier alpha value is -1.40. The number of aryl methyl sites for hydroxylation is 1. The van der Waals surface area contributed by atoms with Gasteiger partial charge in [-0.05, 0) is 58.3 Å². The highest BCUT2D eigenvalue weighted by atomic mass is 79.9. The monoisotopic (exact) mass is 348 g/mol. The molecule has 20 heavy (non-hydrogen) atoms. The van der Waals surface area contributed by atoms with E-state index < -0.39 is 0 Å². The molecule has 1 aliphatic rings. The summed E-state index contributed by atoms with van der Waals surface area (Å²) in [5.74, 6) is 0.551. The summed E-state index contributed by atoms with van der Waals surface area (Å²) in [5.41, 5.74) is 9.26. The van der Waals surface area contributed by atoms with Crippen LogP contribution >= 0.6 is 27.3 Å². The standard InChI is InChI=1S/C14H13BrN4S/c15-8-6-10-13(17-7-8)19(14(16)18-10)11-2-1-3-12-9(11)4-5-20-12/h4-7,11H,1-3H2,(H2,16,18). The summed E-state index contributed by atoms with van der Waals surface area (Å²) < 4.78 is 3.02. The minimum atomic E-state index is 0.267. The molecule has 0 saturated heterocycles. The van der Waals surface area contributed by atoms with Crippen LogP contribution < -0.4 is 5.73 Å². The van der Waals surface area contributed by atoms with Crippen LogP contribution in [0.1, 0.15) is 29.3 Å². The lowest BCUT2D eigenvalue weighted by Crippen LogP contribution is -2.17. The number of hydrogen-bond acceptors (Lipinski definition) is 4. The molecule has 0 aliphatic heterocycles. The fraction of sp³-hybridized carbons (Fsp3) is 0.286. The van der Waals surface area contributed by atoms with E-state index in [0.717, 1.165) is 22.1 Å². The van der Waals surface area contributed by atoms with Crippen LogP contribution in [0.15, 0.2) is 28.2 Å². The van der Waals surface area contributed by atoms with Crippen LogP contribution in [0.3, 0.4) is 0 Å². The van der Waals surface area contributed by atoms with Gasteiger partial charge in [0.1, 0.15) is 5.52 Å². The van der Waals surface area contributed by atoms with Crippen molar-refractivity contribution in [3.63, 3.8) is 0 Å². The Kier molecular flexibility index (Phi) is 2.82. The predicted octanol–water partition coefficient (Wildman–Crippen LogP) is 3.76. The summed E-state index contributed by atoms with van der Waals surface area (Å²) in [6.07, 6.45) is 5.26. The molecule has 0 spiro atoms. The molecule has 0 fully saturated rings. The zero-order valence-electron chi connectivity index (χ0n) is 10.7. The van der Waals surface area contributed by atoms with Crippen LogP contribution in [-0.2, 0) is 6.42 Å². The molecule has 2 N–H and O–H groups in total. The van der Waals surface area contributed by atoms with Gasteiger partial charge in [0.15, 0.2) is 5.65 Å². The highest BCUT2D eigenvalue weighted by Crippen LogP contribution is 2.38. The number of nitrogens with zero attached hydrogens (tertiary/aromatic N) is 3. The Morgan fingerprint density at radius 1 is 1.45 bits per heavy atom. The van der Waals surface area contributed by atoms with Crippen molar-refractivity contribution in [2.45, 2.75) is 25.3 Å². The second-order valence-electron chi connectivity index (χ2n) is 5.04. The summed E-state index contributed by atoms with van der Waals surface area (Å²) in [5, 5.41) is 2.17. The van der Waals surface area contributed by atoms with Crippen LogP contribution in [0.25, 0.3) is 11.2 Å². The third-order valence-electron chi connectivity index (χ3n) is 3.86. The van der Waals surface area contributed by atoms with Gasteiger partial charge in [0, 0.05) is 15.5 Å². The van der Waals surface area contributed by atoms with Crippen molar-refractivity contribution in [3.05, 3.63) is 38.6 Å². The van der Waals surface area contributed by atoms with Gasteiger partial charge in [0.25, 0.3) is 0 Å². The van der Waals surface area contributed by atoms with Gasteiger partial charge in [0.05, 0.1) is 6.04 Å². The molecule has 6 heteroatoms. The lowest BCUT2D eigenvalue weighted by atomic mass is 9.94. The Labute approximate surface area is 128 Å². The fourth-order valence-electron chi connectivity index (χ4n) is 3.01.